The summed E-state index contributed by atoms with van der Waals surface area (Å²) in [5, 5.41) is 0. The fraction of sp³-hybridized carbons (Fsp3) is 0.250. The molecule has 0 bridgehead atoms. The highest BCUT2D eigenvalue weighted by Gasteiger charge is 1.91. The van der Waals surface area contributed by atoms with E-state index in [1.54, 1.807) is 0 Å². The number of benzene rings is 1. The van der Waals surface area contributed by atoms with Gasteiger partial charge in [-0.3, -0.25) is 0 Å². The van der Waals surface area contributed by atoms with E-state index in [-0.39, 0.29) is 0 Å². The summed E-state index contributed by atoms with van der Waals surface area (Å²) < 4.78 is 1.37. The Morgan fingerprint density at radius 1 is 1.33 bits per heavy atom. The third-order valence-corrected chi connectivity index (χ3v) is 2.39. The third-order valence-electron chi connectivity index (χ3n) is 1.34. The summed E-state index contributed by atoms with van der Waals surface area (Å²) >= 11 is 2.36. The van der Waals surface area contributed by atoms with Crippen LogP contribution in [0, 0.1) is 3.57 Å². The molecule has 0 amide bonds. The van der Waals surface area contributed by atoms with Gasteiger partial charge in [0.1, 0.15) is 0 Å². The highest BCUT2D eigenvalue weighted by molar-refractivity contribution is 14.1. The lowest BCUT2D eigenvalue weighted by atomic mass is 10.2. The number of hydrogen-bond acceptors (Lipinski definition) is 0. The van der Waals surface area contributed by atoms with Crippen molar-refractivity contribution in [2.75, 3.05) is 0 Å². The summed E-state index contributed by atoms with van der Waals surface area (Å²) in [7, 11) is 0. The van der Waals surface area contributed by atoms with Crippen molar-refractivity contribution in [3.05, 3.63) is 33.4 Å². The summed E-state index contributed by atoms with van der Waals surface area (Å²) in [5.41, 5.74) is 1.44. The van der Waals surface area contributed by atoms with Gasteiger partial charge in [-0.25, -0.2) is 0 Å². The van der Waals surface area contributed by atoms with Crippen molar-refractivity contribution in [3.63, 3.8) is 0 Å². The molecule has 0 saturated heterocycles. The first-order valence-corrected chi connectivity index (χ1v) is 4.16. The first kappa shape index (κ1) is 7.06. The zero-order chi connectivity index (χ0) is 6.69. The van der Waals surface area contributed by atoms with Crippen molar-refractivity contribution >= 4 is 22.6 Å². The van der Waals surface area contributed by atoms with Crippen LogP contribution in [0.2, 0.25) is 0 Å². The van der Waals surface area contributed by atoms with E-state index >= 15 is 0 Å². The molecule has 0 radical (unpaired) electrons. The molecule has 1 aromatic rings. The normalized spacial score (nSPS) is 9.56. The van der Waals surface area contributed by atoms with Gasteiger partial charge in [0.05, 0.1) is 0 Å². The zero-order valence-corrected chi connectivity index (χ0v) is 7.55. The summed E-state index contributed by atoms with van der Waals surface area (Å²) in [6.45, 7) is 2.18. The number of rotatable bonds is 1. The fourth-order valence-corrected chi connectivity index (χ4v) is 1.55. The van der Waals surface area contributed by atoms with Crippen molar-refractivity contribution in [1.82, 2.24) is 0 Å². The second kappa shape index (κ2) is 3.20. The molecule has 9 heavy (non-hydrogen) atoms. The second-order valence-corrected chi connectivity index (χ2v) is 3.11. The van der Waals surface area contributed by atoms with Crippen molar-refractivity contribution in [2.45, 2.75) is 13.3 Å². The highest BCUT2D eigenvalue weighted by Crippen LogP contribution is 2.10. The Morgan fingerprint density at radius 3 is 2.44 bits per heavy atom. The minimum absolute atomic E-state index is 1.14. The van der Waals surface area contributed by atoms with Crippen LogP contribution in [-0.2, 0) is 6.42 Å². The van der Waals surface area contributed by atoms with Gasteiger partial charge in [0.25, 0.3) is 0 Å². The van der Waals surface area contributed by atoms with Gasteiger partial charge in [-0.15, -0.1) is 0 Å². The molecule has 48 valence electrons. The zero-order valence-electron chi connectivity index (χ0n) is 5.39. The average molecular weight is 232 g/mol. The Labute approximate surface area is 69.4 Å². The van der Waals surface area contributed by atoms with Crippen molar-refractivity contribution < 1.29 is 0 Å². The van der Waals surface area contributed by atoms with Crippen LogP contribution >= 0.6 is 22.6 Å². The van der Waals surface area contributed by atoms with Gasteiger partial charge >= 0.3 is 0 Å². The van der Waals surface area contributed by atoms with Crippen LogP contribution in [0.15, 0.2) is 24.3 Å². The van der Waals surface area contributed by atoms with E-state index in [1.807, 2.05) is 0 Å². The molecule has 0 aliphatic carbocycles. The van der Waals surface area contributed by atoms with E-state index < -0.39 is 0 Å². The molecule has 0 unspecified atom stereocenters. The van der Waals surface area contributed by atoms with Crippen LogP contribution in [-0.4, -0.2) is 0 Å². The standard InChI is InChI=1S/C8H9I/c1-2-7-5-3-4-6-8(7)9/h3-6H,2H2,1H3. The molecule has 0 nitrogen and oxygen atoms in total. The lowest BCUT2D eigenvalue weighted by molar-refractivity contribution is 1.13. The second-order valence-electron chi connectivity index (χ2n) is 1.94. The summed E-state index contributed by atoms with van der Waals surface area (Å²) in [4.78, 5) is 0. The van der Waals surface area contributed by atoms with E-state index in [4.69, 9.17) is 0 Å². The van der Waals surface area contributed by atoms with Gasteiger partial charge in [0, 0.05) is 3.57 Å². The molecule has 0 aromatic heterocycles. The van der Waals surface area contributed by atoms with Gasteiger partial charge < -0.3 is 0 Å². The molecular weight excluding hydrogens is 223 g/mol. The lowest BCUT2D eigenvalue weighted by Crippen LogP contribution is -1.82. The lowest BCUT2D eigenvalue weighted by Gasteiger charge is -1.96. The summed E-state index contributed by atoms with van der Waals surface area (Å²) in [6.07, 6.45) is 1.14. The minimum atomic E-state index is 1.14. The molecular formula is C8H9I. The Hall–Kier alpha value is -0.0500. The number of halogens is 1. The molecule has 1 rings (SSSR count). The van der Waals surface area contributed by atoms with Gasteiger partial charge in [0.2, 0.25) is 0 Å². The molecule has 1 aromatic carbocycles. The molecule has 0 N–H and O–H groups in total. The quantitative estimate of drug-likeness (QED) is 0.653. The molecule has 1 heteroatoms. The third kappa shape index (κ3) is 1.68. The van der Waals surface area contributed by atoms with Crippen LogP contribution in [0.4, 0.5) is 0 Å². The molecule has 0 aliphatic rings. The minimum Gasteiger partial charge on any atom is -0.0619 e. The number of hydrogen-bond donors (Lipinski definition) is 0. The molecule has 0 spiro atoms. The Balaban J connectivity index is 3.01. The first-order chi connectivity index (χ1) is 4.34. The van der Waals surface area contributed by atoms with E-state index in [9.17, 15) is 0 Å². The molecule has 0 atom stereocenters. The van der Waals surface area contributed by atoms with E-state index in [0.29, 0.717) is 0 Å². The van der Waals surface area contributed by atoms with E-state index in [0.717, 1.165) is 6.42 Å². The molecule has 0 heterocycles. The summed E-state index contributed by atoms with van der Waals surface area (Å²) in [5.74, 6) is 0. The fourth-order valence-electron chi connectivity index (χ4n) is 0.785. The van der Waals surface area contributed by atoms with Crippen LogP contribution in [0.25, 0.3) is 0 Å². The smallest absolute Gasteiger partial charge is 0.0162 e. The van der Waals surface area contributed by atoms with Gasteiger partial charge in [-0.05, 0) is 40.6 Å². The maximum absolute atomic E-state index is 2.36. The Kier molecular flexibility index (Phi) is 2.51. The van der Waals surface area contributed by atoms with Gasteiger partial charge in [-0.1, -0.05) is 25.1 Å². The maximum atomic E-state index is 2.36. The largest absolute Gasteiger partial charge is 0.0619 e. The van der Waals surface area contributed by atoms with Crippen molar-refractivity contribution in [3.8, 4) is 0 Å². The van der Waals surface area contributed by atoms with E-state index in [2.05, 4.69) is 53.8 Å². The molecule has 0 aliphatic heterocycles. The Bertz CT molecular complexity index is 194. The molecule has 0 fully saturated rings. The van der Waals surface area contributed by atoms with Crippen molar-refractivity contribution in [2.24, 2.45) is 0 Å². The average Bonchev–Trinajstić information content (AvgIpc) is 1.89. The van der Waals surface area contributed by atoms with Crippen molar-refractivity contribution in [1.29, 1.82) is 0 Å². The predicted molar refractivity (Wildman–Crippen MR) is 48.5 cm³/mol. The SMILES string of the molecule is CCc1ccccc1I. The Morgan fingerprint density at radius 2 is 2.00 bits per heavy atom. The van der Waals surface area contributed by atoms with Crippen LogP contribution in [0.5, 0.6) is 0 Å². The topological polar surface area (TPSA) is 0 Å². The van der Waals surface area contributed by atoms with Crippen LogP contribution in [0.3, 0.4) is 0 Å². The van der Waals surface area contributed by atoms with E-state index in [1.165, 1.54) is 9.13 Å². The van der Waals surface area contributed by atoms with Gasteiger partial charge in [0.15, 0.2) is 0 Å². The summed E-state index contributed by atoms with van der Waals surface area (Å²) in [6, 6.07) is 8.46. The molecule has 0 saturated carbocycles. The number of aryl methyl sites for hydroxylation is 1. The highest BCUT2D eigenvalue weighted by atomic mass is 127. The maximum Gasteiger partial charge on any atom is 0.0162 e. The first-order valence-electron chi connectivity index (χ1n) is 3.08. The van der Waals surface area contributed by atoms with Gasteiger partial charge in [-0.2, -0.15) is 0 Å². The van der Waals surface area contributed by atoms with Crippen LogP contribution in [0.1, 0.15) is 12.5 Å². The monoisotopic (exact) mass is 232 g/mol. The predicted octanol–water partition coefficient (Wildman–Crippen LogP) is 2.85. The van der Waals surface area contributed by atoms with Crippen LogP contribution < -0.4 is 0 Å².